The Balaban J connectivity index is 1.63. The van der Waals surface area contributed by atoms with Gasteiger partial charge in [0.25, 0.3) is 5.91 Å². The summed E-state index contributed by atoms with van der Waals surface area (Å²) in [6.45, 7) is 5.44. The molecule has 0 atom stereocenters. The van der Waals surface area contributed by atoms with E-state index in [0.717, 1.165) is 11.1 Å². The van der Waals surface area contributed by atoms with E-state index in [0.29, 0.717) is 22.7 Å². The third-order valence-corrected chi connectivity index (χ3v) is 6.02. The number of nitrogens with zero attached hydrogens (tertiary/aromatic N) is 3. The minimum absolute atomic E-state index is 0.154. The predicted octanol–water partition coefficient (Wildman–Crippen LogP) is 5.48. The second kappa shape index (κ2) is 11.1. The Morgan fingerprint density at radius 2 is 1.70 bits per heavy atom. The van der Waals surface area contributed by atoms with Gasteiger partial charge in [-0.1, -0.05) is 18.2 Å². The molecule has 37 heavy (non-hydrogen) atoms. The number of halogens is 1. The quantitative estimate of drug-likeness (QED) is 0.347. The highest BCUT2D eigenvalue weighted by Crippen LogP contribution is 2.26. The molecule has 0 radical (unpaired) electrons. The average molecular weight is 501 g/mol. The summed E-state index contributed by atoms with van der Waals surface area (Å²) in [5.74, 6) is -0.0149. The smallest absolute Gasteiger partial charge is 0.254 e. The number of carbonyl (C=O) groups is 2. The van der Waals surface area contributed by atoms with E-state index in [9.17, 15) is 14.0 Å². The van der Waals surface area contributed by atoms with E-state index in [-0.39, 0.29) is 30.3 Å². The van der Waals surface area contributed by atoms with Crippen LogP contribution in [0.5, 0.6) is 5.75 Å². The van der Waals surface area contributed by atoms with Gasteiger partial charge in [0.05, 0.1) is 12.8 Å². The lowest BCUT2D eigenvalue weighted by Gasteiger charge is -2.26. The first kappa shape index (κ1) is 25.6. The van der Waals surface area contributed by atoms with Crippen LogP contribution in [0.15, 0.2) is 79.0 Å². The molecule has 3 aromatic carbocycles. The summed E-state index contributed by atoms with van der Waals surface area (Å²) in [6, 6.07) is 20.4. The largest absolute Gasteiger partial charge is 0.497 e. The van der Waals surface area contributed by atoms with Crippen LogP contribution in [0, 0.1) is 12.7 Å². The van der Waals surface area contributed by atoms with E-state index in [1.54, 1.807) is 42.1 Å². The molecule has 0 saturated heterocycles. The molecule has 0 unspecified atom stereocenters. The lowest BCUT2D eigenvalue weighted by atomic mass is 10.1. The summed E-state index contributed by atoms with van der Waals surface area (Å²) >= 11 is 0. The van der Waals surface area contributed by atoms with Crippen LogP contribution in [0.3, 0.4) is 0 Å². The van der Waals surface area contributed by atoms with Gasteiger partial charge in [0.1, 0.15) is 18.1 Å². The van der Waals surface area contributed by atoms with Crippen LogP contribution < -0.4 is 10.1 Å². The number of hydrogen-bond donors (Lipinski definition) is 1. The number of hydrogen-bond acceptors (Lipinski definition) is 4. The molecule has 1 heterocycles. The van der Waals surface area contributed by atoms with Gasteiger partial charge in [-0.15, -0.1) is 0 Å². The van der Waals surface area contributed by atoms with Crippen LogP contribution in [0.4, 0.5) is 10.3 Å². The normalized spacial score (nSPS) is 10.9. The zero-order valence-electron chi connectivity index (χ0n) is 21.2. The summed E-state index contributed by atoms with van der Waals surface area (Å²) in [5, 5.41) is 2.84. The number of amides is 2. The van der Waals surface area contributed by atoms with Gasteiger partial charge in [-0.05, 0) is 80.9 Å². The van der Waals surface area contributed by atoms with Crippen molar-refractivity contribution >= 4 is 17.8 Å². The summed E-state index contributed by atoms with van der Waals surface area (Å²) < 4.78 is 20.5. The molecule has 1 N–H and O–H groups in total. The van der Waals surface area contributed by atoms with E-state index in [1.165, 1.54) is 17.0 Å². The standard InChI is InChI=1S/C29H29FN4O3/c1-19(2)33(28(36)25-8-6-5-7-20(25)3)18-27(35)32-29-31-26(21-9-15-24(37-4)16-10-21)17-34(29)23-13-11-22(30)12-14-23/h5-17,19H,18H2,1-4H3,(H,31,32,35). The lowest BCUT2D eigenvalue weighted by Crippen LogP contribution is -2.42. The fourth-order valence-electron chi connectivity index (χ4n) is 3.94. The highest BCUT2D eigenvalue weighted by atomic mass is 19.1. The van der Waals surface area contributed by atoms with Gasteiger partial charge in [-0.3, -0.25) is 19.5 Å². The molecule has 1 aromatic heterocycles. The van der Waals surface area contributed by atoms with Crippen molar-refractivity contribution in [2.45, 2.75) is 26.8 Å². The Kier molecular flexibility index (Phi) is 7.67. The van der Waals surface area contributed by atoms with Gasteiger partial charge >= 0.3 is 0 Å². The van der Waals surface area contributed by atoms with E-state index in [1.807, 2.05) is 57.2 Å². The molecule has 4 rings (SSSR count). The first-order valence-electron chi connectivity index (χ1n) is 11.9. The zero-order valence-corrected chi connectivity index (χ0v) is 21.2. The Morgan fingerprint density at radius 3 is 2.32 bits per heavy atom. The van der Waals surface area contributed by atoms with Crippen LogP contribution in [0.1, 0.15) is 29.8 Å². The third kappa shape index (κ3) is 5.86. The molecule has 0 bridgehead atoms. The molecule has 7 nitrogen and oxygen atoms in total. The minimum Gasteiger partial charge on any atom is -0.497 e. The van der Waals surface area contributed by atoms with Crippen molar-refractivity contribution in [3.05, 3.63) is 95.9 Å². The van der Waals surface area contributed by atoms with E-state index in [2.05, 4.69) is 10.3 Å². The number of carbonyl (C=O) groups excluding carboxylic acids is 2. The summed E-state index contributed by atoms with van der Waals surface area (Å²) in [5.41, 5.74) is 3.45. The Morgan fingerprint density at radius 1 is 1.03 bits per heavy atom. The summed E-state index contributed by atoms with van der Waals surface area (Å²) in [7, 11) is 1.59. The first-order chi connectivity index (χ1) is 17.8. The number of benzene rings is 3. The number of ether oxygens (including phenoxy) is 1. The van der Waals surface area contributed by atoms with Gasteiger partial charge in [-0.2, -0.15) is 0 Å². The van der Waals surface area contributed by atoms with Crippen LogP contribution in [-0.4, -0.2) is 46.0 Å². The predicted molar refractivity (Wildman–Crippen MR) is 141 cm³/mol. The number of aryl methyl sites for hydroxylation is 1. The average Bonchev–Trinajstić information content (AvgIpc) is 3.31. The number of anilines is 1. The van der Waals surface area contributed by atoms with Crippen LogP contribution in [0.2, 0.25) is 0 Å². The highest BCUT2D eigenvalue weighted by Gasteiger charge is 2.24. The topological polar surface area (TPSA) is 76.5 Å². The van der Waals surface area contributed by atoms with Crippen molar-refractivity contribution in [3.8, 4) is 22.7 Å². The maximum Gasteiger partial charge on any atom is 0.254 e. The number of aromatic nitrogens is 2. The lowest BCUT2D eigenvalue weighted by molar-refractivity contribution is -0.117. The van der Waals surface area contributed by atoms with Crippen molar-refractivity contribution in [3.63, 3.8) is 0 Å². The minimum atomic E-state index is -0.397. The van der Waals surface area contributed by atoms with Gasteiger partial charge in [0.15, 0.2) is 0 Å². The van der Waals surface area contributed by atoms with E-state index < -0.39 is 5.91 Å². The molecule has 0 spiro atoms. The van der Waals surface area contributed by atoms with Crippen LogP contribution in [0.25, 0.3) is 16.9 Å². The number of imidazole rings is 1. The van der Waals surface area contributed by atoms with E-state index in [4.69, 9.17) is 4.74 Å². The van der Waals surface area contributed by atoms with Crippen molar-refractivity contribution < 1.29 is 18.7 Å². The highest BCUT2D eigenvalue weighted by molar-refractivity contribution is 6.00. The number of rotatable bonds is 8. The van der Waals surface area contributed by atoms with Gasteiger partial charge in [-0.25, -0.2) is 9.37 Å². The first-order valence-corrected chi connectivity index (χ1v) is 11.9. The Hall–Kier alpha value is -4.46. The molecule has 190 valence electrons. The molecule has 2 amide bonds. The van der Waals surface area contributed by atoms with Crippen LogP contribution in [-0.2, 0) is 4.79 Å². The van der Waals surface area contributed by atoms with Crippen molar-refractivity contribution in [2.24, 2.45) is 0 Å². The SMILES string of the molecule is COc1ccc(-c2cn(-c3ccc(F)cc3)c(NC(=O)CN(C(=O)c3ccccc3C)C(C)C)n2)cc1. The molecule has 4 aromatic rings. The van der Waals surface area contributed by atoms with Gasteiger partial charge in [0, 0.05) is 29.1 Å². The maximum absolute atomic E-state index is 13.6. The fourth-order valence-corrected chi connectivity index (χ4v) is 3.94. The second-order valence-electron chi connectivity index (χ2n) is 8.91. The molecule has 0 aliphatic rings. The molecule has 0 aliphatic carbocycles. The molecule has 0 aliphatic heterocycles. The third-order valence-electron chi connectivity index (χ3n) is 6.02. The molecular weight excluding hydrogens is 471 g/mol. The fraction of sp³-hybridized carbons (Fsp3) is 0.207. The second-order valence-corrected chi connectivity index (χ2v) is 8.91. The number of nitrogens with one attached hydrogen (secondary N) is 1. The monoisotopic (exact) mass is 500 g/mol. The van der Waals surface area contributed by atoms with Crippen molar-refractivity contribution in [1.29, 1.82) is 0 Å². The molecular formula is C29H29FN4O3. The maximum atomic E-state index is 13.6. The Bertz CT molecular complexity index is 1400. The van der Waals surface area contributed by atoms with Crippen LogP contribution >= 0.6 is 0 Å². The zero-order chi connectivity index (χ0) is 26.5. The molecule has 0 saturated carbocycles. The molecule has 0 fully saturated rings. The molecule has 8 heteroatoms. The number of methoxy groups -OCH3 is 1. The van der Waals surface area contributed by atoms with Crippen molar-refractivity contribution in [2.75, 3.05) is 19.0 Å². The van der Waals surface area contributed by atoms with E-state index >= 15 is 0 Å². The summed E-state index contributed by atoms with van der Waals surface area (Å²) in [6.07, 6.45) is 1.77. The van der Waals surface area contributed by atoms with Gasteiger partial charge in [0.2, 0.25) is 11.9 Å². The Labute approximate surface area is 215 Å². The van der Waals surface area contributed by atoms with Gasteiger partial charge < -0.3 is 9.64 Å². The van der Waals surface area contributed by atoms with Crippen molar-refractivity contribution in [1.82, 2.24) is 14.5 Å². The summed E-state index contributed by atoms with van der Waals surface area (Å²) in [4.78, 5) is 32.6.